The van der Waals surface area contributed by atoms with E-state index in [0.717, 1.165) is 50.4 Å². The smallest absolute Gasteiger partial charge is 0.0995 e. The van der Waals surface area contributed by atoms with Gasteiger partial charge in [0.25, 0.3) is 0 Å². The zero-order chi connectivity index (χ0) is 15.4. The molecular weight excluding hydrogens is 358 g/mol. The highest BCUT2D eigenvalue weighted by Gasteiger charge is 2.18. The summed E-state index contributed by atoms with van der Waals surface area (Å²) in [6.45, 7) is 6.22. The van der Waals surface area contributed by atoms with E-state index in [2.05, 4.69) is 50.0 Å². The number of nitrogens with zero attached hydrogens (tertiary/aromatic N) is 3. The molecule has 3 nitrogen and oxygen atoms in total. The zero-order valence-electron chi connectivity index (χ0n) is 12.3. The van der Waals surface area contributed by atoms with Crippen LogP contribution in [0.1, 0.15) is 16.0 Å². The second-order valence-corrected chi connectivity index (χ2v) is 8.07. The largest absolute Gasteiger partial charge is 0.296 e. The predicted molar refractivity (Wildman–Crippen MR) is 93.7 cm³/mol. The Morgan fingerprint density at radius 3 is 2.32 bits per heavy atom. The lowest BCUT2D eigenvalue weighted by molar-refractivity contribution is 0.123. The third-order valence-corrected chi connectivity index (χ3v) is 5.61. The molecule has 2 heterocycles. The number of hydrogen-bond donors (Lipinski definition) is 0. The average molecular weight is 376 g/mol. The number of benzene rings is 1. The molecule has 5 heteroatoms. The molecule has 1 saturated heterocycles. The van der Waals surface area contributed by atoms with Gasteiger partial charge in [-0.2, -0.15) is 5.26 Å². The van der Waals surface area contributed by atoms with Crippen LogP contribution in [0.5, 0.6) is 0 Å². The Bertz CT molecular complexity index is 669. The first-order chi connectivity index (χ1) is 10.7. The number of nitriles is 1. The van der Waals surface area contributed by atoms with Gasteiger partial charge in [0.2, 0.25) is 0 Å². The molecule has 0 amide bonds. The van der Waals surface area contributed by atoms with Gasteiger partial charge in [0.05, 0.1) is 15.4 Å². The maximum absolute atomic E-state index is 9.18. The van der Waals surface area contributed by atoms with Crippen molar-refractivity contribution in [2.24, 2.45) is 0 Å². The second-order valence-electron chi connectivity index (χ2n) is 5.53. The number of thiophene rings is 1. The van der Waals surface area contributed by atoms with E-state index in [0.29, 0.717) is 0 Å². The normalized spacial score (nSPS) is 16.5. The SMILES string of the molecule is N#Cc1ccccc1CN1CCN(Cc2ccc(Br)s2)CC1. The standard InChI is InChI=1S/C17H18BrN3S/c18-17-6-5-16(22-17)13-21-9-7-20(8-10-21)12-15-4-2-1-3-14(15)11-19/h1-6H,7-10,12-13H2. The lowest BCUT2D eigenvalue weighted by atomic mass is 10.1. The van der Waals surface area contributed by atoms with Crippen molar-refractivity contribution in [3.05, 3.63) is 56.2 Å². The van der Waals surface area contributed by atoms with Crippen LogP contribution in [0.4, 0.5) is 0 Å². The van der Waals surface area contributed by atoms with E-state index in [1.807, 2.05) is 29.5 Å². The molecule has 1 aliphatic rings. The fraction of sp³-hybridized carbons (Fsp3) is 0.353. The molecule has 1 aliphatic heterocycles. The Hall–Kier alpha value is -1.19. The summed E-state index contributed by atoms with van der Waals surface area (Å²) in [6.07, 6.45) is 0. The zero-order valence-corrected chi connectivity index (χ0v) is 14.7. The fourth-order valence-corrected chi connectivity index (χ4v) is 4.30. The first-order valence-electron chi connectivity index (χ1n) is 7.41. The van der Waals surface area contributed by atoms with Gasteiger partial charge in [0.1, 0.15) is 0 Å². The molecule has 1 fully saturated rings. The van der Waals surface area contributed by atoms with E-state index in [1.54, 1.807) is 0 Å². The molecular formula is C17H18BrN3S. The van der Waals surface area contributed by atoms with Crippen LogP contribution in [0.3, 0.4) is 0 Å². The van der Waals surface area contributed by atoms with E-state index in [-0.39, 0.29) is 0 Å². The lowest BCUT2D eigenvalue weighted by Crippen LogP contribution is -2.45. The predicted octanol–water partition coefficient (Wildman–Crippen LogP) is 3.70. The summed E-state index contributed by atoms with van der Waals surface area (Å²) in [7, 11) is 0. The van der Waals surface area contributed by atoms with Gasteiger partial charge in [0.15, 0.2) is 0 Å². The first kappa shape index (κ1) is 15.7. The maximum atomic E-state index is 9.18. The van der Waals surface area contributed by atoms with Gasteiger partial charge < -0.3 is 0 Å². The topological polar surface area (TPSA) is 30.3 Å². The summed E-state index contributed by atoms with van der Waals surface area (Å²) in [5, 5.41) is 9.18. The van der Waals surface area contributed by atoms with Crippen molar-refractivity contribution < 1.29 is 0 Å². The average Bonchev–Trinajstić information content (AvgIpc) is 2.95. The Morgan fingerprint density at radius 2 is 1.68 bits per heavy atom. The van der Waals surface area contributed by atoms with Gasteiger partial charge in [-0.1, -0.05) is 18.2 Å². The first-order valence-corrected chi connectivity index (χ1v) is 9.02. The van der Waals surface area contributed by atoms with Crippen molar-refractivity contribution in [1.82, 2.24) is 9.80 Å². The van der Waals surface area contributed by atoms with Crippen molar-refractivity contribution in [2.75, 3.05) is 26.2 Å². The highest BCUT2D eigenvalue weighted by atomic mass is 79.9. The summed E-state index contributed by atoms with van der Waals surface area (Å²) in [5.74, 6) is 0. The quantitative estimate of drug-likeness (QED) is 0.815. The molecule has 22 heavy (non-hydrogen) atoms. The molecule has 1 aromatic heterocycles. The summed E-state index contributed by atoms with van der Waals surface area (Å²) < 4.78 is 1.20. The number of halogens is 1. The molecule has 114 valence electrons. The summed E-state index contributed by atoms with van der Waals surface area (Å²) in [4.78, 5) is 6.36. The highest BCUT2D eigenvalue weighted by molar-refractivity contribution is 9.11. The van der Waals surface area contributed by atoms with Crippen LogP contribution < -0.4 is 0 Å². The van der Waals surface area contributed by atoms with E-state index in [4.69, 9.17) is 0 Å². The molecule has 0 spiro atoms. The van der Waals surface area contributed by atoms with Crippen LogP contribution in [0.25, 0.3) is 0 Å². The molecule has 3 rings (SSSR count). The van der Waals surface area contributed by atoms with E-state index >= 15 is 0 Å². The van der Waals surface area contributed by atoms with Crippen LogP contribution in [0.15, 0.2) is 40.2 Å². The van der Waals surface area contributed by atoms with E-state index in [9.17, 15) is 5.26 Å². The molecule has 0 unspecified atom stereocenters. The maximum Gasteiger partial charge on any atom is 0.0995 e. The lowest BCUT2D eigenvalue weighted by Gasteiger charge is -2.34. The summed E-state index contributed by atoms with van der Waals surface area (Å²) in [5.41, 5.74) is 1.94. The van der Waals surface area contributed by atoms with E-state index in [1.165, 1.54) is 8.66 Å². The van der Waals surface area contributed by atoms with Gasteiger partial charge in [0, 0.05) is 44.1 Å². The third-order valence-electron chi connectivity index (χ3n) is 4.00. The van der Waals surface area contributed by atoms with Crippen LogP contribution in [0.2, 0.25) is 0 Å². The fourth-order valence-electron chi connectivity index (χ4n) is 2.77. The monoisotopic (exact) mass is 375 g/mol. The van der Waals surface area contributed by atoms with Crippen LogP contribution in [0, 0.1) is 11.3 Å². The number of rotatable bonds is 4. The third kappa shape index (κ3) is 3.96. The van der Waals surface area contributed by atoms with Crippen LogP contribution in [-0.4, -0.2) is 36.0 Å². The van der Waals surface area contributed by atoms with Crippen molar-refractivity contribution in [3.63, 3.8) is 0 Å². The minimum absolute atomic E-state index is 0.799. The van der Waals surface area contributed by atoms with Crippen LogP contribution in [-0.2, 0) is 13.1 Å². The van der Waals surface area contributed by atoms with Crippen molar-refractivity contribution in [2.45, 2.75) is 13.1 Å². The molecule has 0 bridgehead atoms. The van der Waals surface area contributed by atoms with Gasteiger partial charge in [-0.3, -0.25) is 9.80 Å². The van der Waals surface area contributed by atoms with Crippen molar-refractivity contribution >= 4 is 27.3 Å². The van der Waals surface area contributed by atoms with Crippen molar-refractivity contribution in [3.8, 4) is 6.07 Å². The highest BCUT2D eigenvalue weighted by Crippen LogP contribution is 2.23. The van der Waals surface area contributed by atoms with Gasteiger partial charge in [-0.05, 0) is 39.7 Å². The van der Waals surface area contributed by atoms with E-state index < -0.39 is 0 Å². The molecule has 0 saturated carbocycles. The Balaban J connectivity index is 1.52. The van der Waals surface area contributed by atoms with Crippen molar-refractivity contribution in [1.29, 1.82) is 5.26 Å². The van der Waals surface area contributed by atoms with Gasteiger partial charge in [-0.25, -0.2) is 0 Å². The van der Waals surface area contributed by atoms with Gasteiger partial charge >= 0.3 is 0 Å². The molecule has 0 aliphatic carbocycles. The summed E-state index contributed by atoms with van der Waals surface area (Å²) >= 11 is 5.34. The number of hydrogen-bond acceptors (Lipinski definition) is 4. The number of piperazine rings is 1. The second kappa shape index (κ2) is 7.38. The molecule has 1 aromatic carbocycles. The van der Waals surface area contributed by atoms with Crippen LogP contribution >= 0.6 is 27.3 Å². The molecule has 0 atom stereocenters. The Kier molecular flexibility index (Phi) is 5.27. The Morgan fingerprint density at radius 1 is 1.00 bits per heavy atom. The minimum atomic E-state index is 0.799. The molecule has 2 aromatic rings. The Labute approximate surface area is 143 Å². The molecule has 0 N–H and O–H groups in total. The van der Waals surface area contributed by atoms with Gasteiger partial charge in [-0.15, -0.1) is 11.3 Å². The minimum Gasteiger partial charge on any atom is -0.296 e. The summed E-state index contributed by atoms with van der Waals surface area (Å²) in [6, 6.07) is 14.5. The molecule has 0 radical (unpaired) electrons.